The van der Waals surface area contributed by atoms with Crippen LogP contribution in [0.5, 0.6) is 0 Å². The van der Waals surface area contributed by atoms with Gasteiger partial charge in [-0.05, 0) is 92.2 Å². The highest BCUT2D eigenvalue weighted by atomic mass is 16.2. The SMILES string of the molecule is CC1(C)CC(N2CCN(C3CC(C)(C)N(Cc4ccccc4)C(C)(C)C3)C(=O)NC2=O)CC(C)(C)N1Cc1ccccc1. The average Bonchev–Trinajstić information content (AvgIpc) is 3.06. The molecule has 7 nitrogen and oxygen atoms in total. The van der Waals surface area contributed by atoms with Crippen molar-refractivity contribution in [2.75, 3.05) is 13.1 Å². The van der Waals surface area contributed by atoms with Gasteiger partial charge in [-0.1, -0.05) is 60.7 Å². The first kappa shape index (κ1) is 31.5. The van der Waals surface area contributed by atoms with Gasteiger partial charge in [0.05, 0.1) is 0 Å². The lowest BCUT2D eigenvalue weighted by molar-refractivity contribution is -0.0689. The van der Waals surface area contributed by atoms with Crippen LogP contribution in [0.2, 0.25) is 0 Å². The standard InChI is InChI=1S/C36H53N5O2/c1-33(2)21-29(22-34(3,4)40(33)25-27-15-11-9-12-16-27)38-19-20-39(32(43)37-31(38)42)30-23-35(5,6)41(36(7,8)24-30)26-28-17-13-10-14-18-28/h9-18,29-30H,19-26H2,1-8H3,(H,37,42,43). The second-order valence-electron chi connectivity index (χ2n) is 15.6. The molecular weight excluding hydrogens is 534 g/mol. The molecule has 234 valence electrons. The zero-order chi connectivity index (χ0) is 31.2. The predicted octanol–water partition coefficient (Wildman–Crippen LogP) is 6.88. The Hall–Kier alpha value is -2.90. The van der Waals surface area contributed by atoms with Crippen LogP contribution in [-0.4, -0.2) is 79.0 Å². The molecule has 0 aromatic heterocycles. The first-order valence-electron chi connectivity index (χ1n) is 16.1. The summed E-state index contributed by atoms with van der Waals surface area (Å²) in [6.45, 7) is 21.2. The molecule has 43 heavy (non-hydrogen) atoms. The summed E-state index contributed by atoms with van der Waals surface area (Å²) in [6.07, 6.45) is 3.46. The van der Waals surface area contributed by atoms with Crippen molar-refractivity contribution in [3.8, 4) is 0 Å². The van der Waals surface area contributed by atoms with Gasteiger partial charge in [-0.2, -0.15) is 0 Å². The van der Waals surface area contributed by atoms with Crippen LogP contribution in [0.3, 0.4) is 0 Å². The maximum absolute atomic E-state index is 13.6. The Bertz CT molecular complexity index is 1150. The molecule has 1 N–H and O–H groups in total. The molecule has 0 unspecified atom stereocenters. The lowest BCUT2D eigenvalue weighted by atomic mass is 9.75. The molecule has 0 radical (unpaired) electrons. The number of carbonyl (C=O) groups is 2. The Balaban J connectivity index is 1.30. The van der Waals surface area contributed by atoms with E-state index >= 15 is 0 Å². The van der Waals surface area contributed by atoms with Crippen LogP contribution < -0.4 is 5.32 Å². The van der Waals surface area contributed by atoms with Gasteiger partial charge in [0.1, 0.15) is 0 Å². The van der Waals surface area contributed by atoms with Crippen molar-refractivity contribution in [3.63, 3.8) is 0 Å². The first-order valence-corrected chi connectivity index (χ1v) is 16.1. The lowest BCUT2D eigenvalue weighted by Gasteiger charge is -2.57. The van der Waals surface area contributed by atoms with Crippen molar-refractivity contribution >= 4 is 12.1 Å². The molecule has 2 aromatic rings. The number of urea groups is 2. The van der Waals surface area contributed by atoms with E-state index in [9.17, 15) is 9.59 Å². The number of piperidine rings is 2. The van der Waals surface area contributed by atoms with Crippen LogP contribution in [0.15, 0.2) is 60.7 Å². The number of hydrogen-bond donors (Lipinski definition) is 1. The van der Waals surface area contributed by atoms with Crippen molar-refractivity contribution in [1.29, 1.82) is 0 Å². The van der Waals surface area contributed by atoms with E-state index in [0.29, 0.717) is 13.1 Å². The van der Waals surface area contributed by atoms with Crippen LogP contribution in [0.25, 0.3) is 0 Å². The fraction of sp³-hybridized carbons (Fsp3) is 0.611. The molecule has 3 aliphatic rings. The number of benzene rings is 2. The van der Waals surface area contributed by atoms with E-state index in [2.05, 4.69) is 131 Å². The molecule has 4 amide bonds. The number of imide groups is 1. The van der Waals surface area contributed by atoms with Gasteiger partial charge in [-0.25, -0.2) is 9.59 Å². The third-order valence-corrected chi connectivity index (χ3v) is 10.4. The van der Waals surface area contributed by atoms with Crippen LogP contribution in [0.1, 0.15) is 92.2 Å². The largest absolute Gasteiger partial charge is 0.325 e. The van der Waals surface area contributed by atoms with Gasteiger partial charge in [0.25, 0.3) is 0 Å². The molecule has 0 bridgehead atoms. The maximum atomic E-state index is 13.6. The summed E-state index contributed by atoms with van der Waals surface area (Å²) >= 11 is 0. The lowest BCUT2D eigenvalue weighted by Crippen LogP contribution is -2.64. The van der Waals surface area contributed by atoms with E-state index < -0.39 is 0 Å². The summed E-state index contributed by atoms with van der Waals surface area (Å²) < 4.78 is 0. The number of nitrogens with one attached hydrogen (secondary N) is 1. The molecule has 3 saturated heterocycles. The Kier molecular flexibility index (Phi) is 8.47. The Morgan fingerprint density at radius 3 is 1.16 bits per heavy atom. The van der Waals surface area contributed by atoms with E-state index in [-0.39, 0.29) is 46.3 Å². The van der Waals surface area contributed by atoms with Gasteiger partial charge in [-0.15, -0.1) is 0 Å². The van der Waals surface area contributed by atoms with Crippen molar-refractivity contribution < 1.29 is 9.59 Å². The van der Waals surface area contributed by atoms with E-state index in [1.807, 2.05) is 9.80 Å². The molecule has 3 aliphatic heterocycles. The van der Waals surface area contributed by atoms with Crippen LogP contribution in [0.4, 0.5) is 9.59 Å². The number of hydrogen-bond acceptors (Lipinski definition) is 4. The van der Waals surface area contributed by atoms with Crippen molar-refractivity contribution in [2.24, 2.45) is 0 Å². The van der Waals surface area contributed by atoms with Crippen LogP contribution in [-0.2, 0) is 13.1 Å². The third-order valence-electron chi connectivity index (χ3n) is 10.4. The molecule has 0 atom stereocenters. The normalized spacial score (nSPS) is 24.9. The van der Waals surface area contributed by atoms with E-state index in [4.69, 9.17) is 0 Å². The Labute approximate surface area is 259 Å². The second-order valence-corrected chi connectivity index (χ2v) is 15.6. The number of rotatable bonds is 6. The number of carbonyl (C=O) groups excluding carboxylic acids is 2. The fourth-order valence-electron chi connectivity index (χ4n) is 8.71. The van der Waals surface area contributed by atoms with Gasteiger partial charge < -0.3 is 9.80 Å². The third kappa shape index (κ3) is 6.63. The summed E-state index contributed by atoms with van der Waals surface area (Å²) in [5, 5.41) is 2.79. The molecule has 3 heterocycles. The molecule has 3 fully saturated rings. The van der Waals surface area contributed by atoms with Crippen LogP contribution >= 0.6 is 0 Å². The summed E-state index contributed by atoms with van der Waals surface area (Å²) in [4.78, 5) is 36.3. The number of amides is 4. The van der Waals surface area contributed by atoms with Gasteiger partial charge in [0, 0.05) is 60.4 Å². The molecule has 0 spiro atoms. The van der Waals surface area contributed by atoms with Crippen molar-refractivity contribution in [2.45, 2.75) is 128 Å². The van der Waals surface area contributed by atoms with E-state index in [1.54, 1.807) is 0 Å². The summed E-state index contributed by atoms with van der Waals surface area (Å²) in [5.41, 5.74) is 2.15. The summed E-state index contributed by atoms with van der Waals surface area (Å²) in [7, 11) is 0. The Morgan fingerprint density at radius 2 is 0.860 bits per heavy atom. The minimum Gasteiger partial charge on any atom is -0.320 e. The average molecular weight is 588 g/mol. The quantitative estimate of drug-likeness (QED) is 0.400. The van der Waals surface area contributed by atoms with Crippen LogP contribution in [0, 0.1) is 0 Å². The van der Waals surface area contributed by atoms with Gasteiger partial charge in [0.15, 0.2) is 0 Å². The minimum atomic E-state index is -0.249. The summed E-state index contributed by atoms with van der Waals surface area (Å²) in [5.74, 6) is 0. The molecule has 7 heteroatoms. The van der Waals surface area contributed by atoms with Gasteiger partial charge in [0.2, 0.25) is 0 Å². The number of nitrogens with zero attached hydrogens (tertiary/aromatic N) is 4. The Morgan fingerprint density at radius 1 is 0.558 bits per heavy atom. The maximum Gasteiger partial charge on any atom is 0.325 e. The zero-order valence-electron chi connectivity index (χ0n) is 27.7. The minimum absolute atomic E-state index is 0.0605. The van der Waals surface area contributed by atoms with Crippen molar-refractivity contribution in [1.82, 2.24) is 24.9 Å². The zero-order valence-corrected chi connectivity index (χ0v) is 27.7. The molecular formula is C36H53N5O2. The molecule has 2 aromatic carbocycles. The highest BCUT2D eigenvalue weighted by molar-refractivity contribution is 5.94. The highest BCUT2D eigenvalue weighted by Gasteiger charge is 2.50. The topological polar surface area (TPSA) is 59.1 Å². The predicted molar refractivity (Wildman–Crippen MR) is 174 cm³/mol. The monoisotopic (exact) mass is 587 g/mol. The second kappa shape index (κ2) is 11.6. The fourth-order valence-corrected chi connectivity index (χ4v) is 8.71. The molecule has 0 saturated carbocycles. The molecule has 5 rings (SSSR count). The van der Waals surface area contributed by atoms with Gasteiger partial charge >= 0.3 is 12.1 Å². The molecule has 0 aliphatic carbocycles. The van der Waals surface area contributed by atoms with E-state index in [1.165, 1.54) is 11.1 Å². The van der Waals surface area contributed by atoms with Gasteiger partial charge in [-0.3, -0.25) is 15.1 Å². The summed E-state index contributed by atoms with van der Waals surface area (Å²) in [6, 6.07) is 20.9. The smallest absolute Gasteiger partial charge is 0.320 e. The first-order chi connectivity index (χ1) is 20.1. The van der Waals surface area contributed by atoms with Crippen molar-refractivity contribution in [3.05, 3.63) is 71.8 Å². The highest BCUT2D eigenvalue weighted by Crippen LogP contribution is 2.43. The number of likely N-dealkylation sites (tertiary alicyclic amines) is 2. The van der Waals surface area contributed by atoms with E-state index in [0.717, 1.165) is 38.8 Å².